The summed E-state index contributed by atoms with van der Waals surface area (Å²) in [7, 11) is 0. The smallest absolute Gasteiger partial charge is 0.334 e. The van der Waals surface area contributed by atoms with E-state index in [2.05, 4.69) is 15.9 Å². The molecule has 64 valence electrons. The minimum atomic E-state index is -0.131. The Morgan fingerprint density at radius 1 is 1.67 bits per heavy atom. The molecule has 1 fully saturated rings. The molecule has 3 heteroatoms. The van der Waals surface area contributed by atoms with Crippen molar-refractivity contribution < 1.29 is 9.53 Å². The molecule has 1 aliphatic heterocycles. The van der Waals surface area contributed by atoms with Crippen LogP contribution in [0, 0.1) is 5.92 Å². The molecule has 0 saturated carbocycles. The first-order valence-electron chi connectivity index (χ1n) is 3.92. The highest BCUT2D eigenvalue weighted by Crippen LogP contribution is 2.36. The number of esters is 1. The van der Waals surface area contributed by atoms with Crippen LogP contribution in [-0.4, -0.2) is 12.6 Å². The van der Waals surface area contributed by atoms with Crippen molar-refractivity contribution in [2.45, 2.75) is 13.3 Å². The van der Waals surface area contributed by atoms with Crippen LogP contribution in [-0.2, 0) is 9.53 Å². The highest BCUT2D eigenvalue weighted by molar-refractivity contribution is 9.11. The Bertz CT molecular complexity index is 302. The van der Waals surface area contributed by atoms with Crippen LogP contribution in [0.4, 0.5) is 0 Å². The lowest BCUT2D eigenvalue weighted by Gasteiger charge is -2.14. The summed E-state index contributed by atoms with van der Waals surface area (Å²) in [5.74, 6) is 0.158. The van der Waals surface area contributed by atoms with Crippen molar-refractivity contribution in [2.24, 2.45) is 5.92 Å². The highest BCUT2D eigenvalue weighted by atomic mass is 79.9. The second-order valence-corrected chi connectivity index (χ2v) is 4.21. The van der Waals surface area contributed by atoms with E-state index in [1.165, 1.54) is 0 Å². The number of carbonyl (C=O) groups excluding carboxylic acids is 1. The maximum absolute atomic E-state index is 11.2. The quantitative estimate of drug-likeness (QED) is 0.595. The van der Waals surface area contributed by atoms with Gasteiger partial charge in [-0.15, -0.1) is 0 Å². The van der Waals surface area contributed by atoms with Crippen molar-refractivity contribution in [1.82, 2.24) is 0 Å². The highest BCUT2D eigenvalue weighted by Gasteiger charge is 2.34. The monoisotopic (exact) mass is 228 g/mol. The summed E-state index contributed by atoms with van der Waals surface area (Å²) in [6.45, 7) is 2.50. The average molecular weight is 229 g/mol. The lowest BCUT2D eigenvalue weighted by molar-refractivity contribution is -0.135. The van der Waals surface area contributed by atoms with Gasteiger partial charge in [-0.25, -0.2) is 4.79 Å². The van der Waals surface area contributed by atoms with Crippen LogP contribution in [0.5, 0.6) is 0 Å². The second-order valence-electron chi connectivity index (χ2n) is 3.19. The summed E-state index contributed by atoms with van der Waals surface area (Å²) in [5, 5.41) is 0. The molecular weight excluding hydrogens is 220 g/mol. The van der Waals surface area contributed by atoms with Gasteiger partial charge in [0.25, 0.3) is 0 Å². The van der Waals surface area contributed by atoms with Gasteiger partial charge in [-0.05, 0) is 29.5 Å². The third kappa shape index (κ3) is 1.12. The molecule has 0 aromatic rings. The molecule has 0 aromatic carbocycles. The maximum atomic E-state index is 11.2. The molecule has 1 aliphatic carbocycles. The molecule has 1 saturated heterocycles. The standard InChI is InChI=1S/C9H9BrO2/c1-5-2-7(10)3-6-4-12-9(11)8(5)6/h2,6H,3-4H2,1H3. The number of halogens is 1. The normalized spacial score (nSPS) is 28.3. The minimum Gasteiger partial charge on any atom is -0.462 e. The Hall–Kier alpha value is -0.570. The van der Waals surface area contributed by atoms with Gasteiger partial charge in [-0.1, -0.05) is 15.9 Å². The van der Waals surface area contributed by atoms with Crippen molar-refractivity contribution in [3.63, 3.8) is 0 Å². The van der Waals surface area contributed by atoms with Gasteiger partial charge in [0.1, 0.15) is 0 Å². The van der Waals surface area contributed by atoms with Gasteiger partial charge in [0.15, 0.2) is 0 Å². The third-order valence-corrected chi connectivity index (χ3v) is 2.84. The van der Waals surface area contributed by atoms with Crippen molar-refractivity contribution in [3.8, 4) is 0 Å². The molecule has 2 rings (SSSR count). The van der Waals surface area contributed by atoms with Crippen molar-refractivity contribution in [3.05, 3.63) is 21.7 Å². The summed E-state index contributed by atoms with van der Waals surface area (Å²) < 4.78 is 6.13. The SMILES string of the molecule is CC1=C2C(=O)OCC2CC(Br)=C1. The van der Waals surface area contributed by atoms with Crippen LogP contribution in [0.1, 0.15) is 13.3 Å². The van der Waals surface area contributed by atoms with E-state index >= 15 is 0 Å². The first kappa shape index (κ1) is 8.05. The van der Waals surface area contributed by atoms with Gasteiger partial charge in [-0.3, -0.25) is 0 Å². The molecule has 2 nitrogen and oxygen atoms in total. The van der Waals surface area contributed by atoms with E-state index in [0.29, 0.717) is 6.61 Å². The van der Waals surface area contributed by atoms with E-state index in [-0.39, 0.29) is 11.9 Å². The van der Waals surface area contributed by atoms with Crippen LogP contribution in [0.25, 0.3) is 0 Å². The summed E-state index contributed by atoms with van der Waals surface area (Å²) in [6, 6.07) is 0. The van der Waals surface area contributed by atoms with E-state index in [1.807, 2.05) is 13.0 Å². The lowest BCUT2D eigenvalue weighted by atomic mass is 9.90. The fourth-order valence-electron chi connectivity index (χ4n) is 1.75. The molecule has 2 aliphatic rings. The predicted molar refractivity (Wildman–Crippen MR) is 48.8 cm³/mol. The molecular formula is C9H9BrO2. The number of cyclic esters (lactones) is 1. The van der Waals surface area contributed by atoms with Gasteiger partial charge in [0.2, 0.25) is 0 Å². The summed E-state index contributed by atoms with van der Waals surface area (Å²) in [6.07, 6.45) is 2.90. The molecule has 0 amide bonds. The third-order valence-electron chi connectivity index (χ3n) is 2.28. The van der Waals surface area contributed by atoms with Crippen LogP contribution < -0.4 is 0 Å². The van der Waals surface area contributed by atoms with Crippen molar-refractivity contribution in [2.75, 3.05) is 6.61 Å². The van der Waals surface area contributed by atoms with Gasteiger partial charge in [0.05, 0.1) is 6.61 Å². The number of rotatable bonds is 0. The van der Waals surface area contributed by atoms with E-state index in [1.54, 1.807) is 0 Å². The fraction of sp³-hybridized carbons (Fsp3) is 0.444. The second kappa shape index (κ2) is 2.73. The number of carbonyl (C=O) groups is 1. The molecule has 0 bridgehead atoms. The first-order valence-corrected chi connectivity index (χ1v) is 4.71. The van der Waals surface area contributed by atoms with E-state index in [0.717, 1.165) is 22.0 Å². The molecule has 1 unspecified atom stereocenters. The Balaban J connectivity index is 2.44. The van der Waals surface area contributed by atoms with Crippen LogP contribution in [0.15, 0.2) is 21.7 Å². The van der Waals surface area contributed by atoms with E-state index in [4.69, 9.17) is 4.74 Å². The first-order chi connectivity index (χ1) is 5.68. The molecule has 0 spiro atoms. The molecule has 0 radical (unpaired) electrons. The summed E-state index contributed by atoms with van der Waals surface area (Å²) in [4.78, 5) is 11.2. The van der Waals surface area contributed by atoms with Gasteiger partial charge < -0.3 is 4.74 Å². The maximum Gasteiger partial charge on any atom is 0.334 e. The Labute approximate surface area is 79.4 Å². The van der Waals surface area contributed by atoms with E-state index < -0.39 is 0 Å². The van der Waals surface area contributed by atoms with Gasteiger partial charge in [0, 0.05) is 11.5 Å². The molecule has 1 heterocycles. The number of fused-ring (bicyclic) bond motifs is 1. The Kier molecular flexibility index (Phi) is 1.83. The summed E-state index contributed by atoms with van der Waals surface area (Å²) >= 11 is 3.45. The fourth-order valence-corrected chi connectivity index (χ4v) is 2.49. The van der Waals surface area contributed by atoms with Gasteiger partial charge in [-0.2, -0.15) is 0 Å². The van der Waals surface area contributed by atoms with Crippen LogP contribution in [0.3, 0.4) is 0 Å². The topological polar surface area (TPSA) is 26.3 Å². The van der Waals surface area contributed by atoms with E-state index in [9.17, 15) is 4.79 Å². The zero-order valence-electron chi connectivity index (χ0n) is 6.76. The van der Waals surface area contributed by atoms with Crippen LogP contribution in [0.2, 0.25) is 0 Å². The predicted octanol–water partition coefficient (Wildman–Crippen LogP) is 2.16. The average Bonchev–Trinajstić information content (AvgIpc) is 2.31. The van der Waals surface area contributed by atoms with Crippen LogP contribution >= 0.6 is 15.9 Å². The molecule has 12 heavy (non-hydrogen) atoms. The Morgan fingerprint density at radius 3 is 3.17 bits per heavy atom. The molecule has 0 aromatic heterocycles. The summed E-state index contributed by atoms with van der Waals surface area (Å²) in [5.41, 5.74) is 1.92. The Morgan fingerprint density at radius 2 is 2.42 bits per heavy atom. The number of hydrogen-bond donors (Lipinski definition) is 0. The lowest BCUT2D eigenvalue weighted by Crippen LogP contribution is -2.09. The molecule has 0 N–H and O–H groups in total. The molecule has 1 atom stereocenters. The minimum absolute atomic E-state index is 0.131. The number of hydrogen-bond acceptors (Lipinski definition) is 2. The van der Waals surface area contributed by atoms with Crippen molar-refractivity contribution in [1.29, 1.82) is 0 Å². The number of ether oxygens (including phenoxy) is 1. The zero-order valence-corrected chi connectivity index (χ0v) is 8.35. The van der Waals surface area contributed by atoms with Crippen molar-refractivity contribution >= 4 is 21.9 Å². The van der Waals surface area contributed by atoms with Gasteiger partial charge >= 0.3 is 5.97 Å². The zero-order chi connectivity index (χ0) is 8.72. The number of allylic oxidation sites excluding steroid dienone is 3. The largest absolute Gasteiger partial charge is 0.462 e.